The fraction of sp³-hybridized carbons (Fsp3) is 0.120. The molecule has 1 amide bonds. The molecule has 3 aromatic carbocycles. The van der Waals surface area contributed by atoms with Crippen molar-refractivity contribution in [2.45, 2.75) is 6.04 Å². The van der Waals surface area contributed by atoms with E-state index < -0.39 is 23.5 Å². The molecule has 3 aromatic rings. The van der Waals surface area contributed by atoms with E-state index >= 15 is 0 Å². The van der Waals surface area contributed by atoms with Crippen LogP contribution in [0.25, 0.3) is 5.76 Å². The molecule has 0 bridgehead atoms. The summed E-state index contributed by atoms with van der Waals surface area (Å²) < 4.78 is 10.3. The average Bonchev–Trinajstić information content (AvgIpc) is 3.09. The van der Waals surface area contributed by atoms with Crippen molar-refractivity contribution in [3.8, 4) is 17.2 Å². The second-order valence-corrected chi connectivity index (χ2v) is 8.27. The summed E-state index contributed by atoms with van der Waals surface area (Å²) >= 11 is 12.5. The van der Waals surface area contributed by atoms with Gasteiger partial charge >= 0.3 is 0 Å². The van der Waals surface area contributed by atoms with Crippen LogP contribution in [0.15, 0.2) is 66.2 Å². The summed E-state index contributed by atoms with van der Waals surface area (Å²) in [5, 5.41) is 22.2. The number of carbonyl (C=O) groups excluding carboxylic acids is 2. The number of benzene rings is 3. The van der Waals surface area contributed by atoms with Crippen LogP contribution in [0.5, 0.6) is 17.2 Å². The summed E-state index contributed by atoms with van der Waals surface area (Å²) in [4.78, 5) is 27.7. The molecular weight excluding hydrogens is 481 g/mol. The number of ether oxygens (including phenoxy) is 2. The monoisotopic (exact) mass is 499 g/mol. The van der Waals surface area contributed by atoms with E-state index in [-0.39, 0.29) is 27.7 Å². The Bertz CT molecular complexity index is 1340. The van der Waals surface area contributed by atoms with Gasteiger partial charge < -0.3 is 19.7 Å². The fourth-order valence-electron chi connectivity index (χ4n) is 3.88. The maximum Gasteiger partial charge on any atom is 0.300 e. The first kappa shape index (κ1) is 23.5. The number of amides is 1. The maximum absolute atomic E-state index is 13.2. The van der Waals surface area contributed by atoms with Crippen LogP contribution in [-0.4, -0.2) is 36.1 Å². The van der Waals surface area contributed by atoms with Gasteiger partial charge in [-0.1, -0.05) is 35.3 Å². The molecular formula is C25H19Cl2NO6. The minimum Gasteiger partial charge on any atom is -0.507 e. The number of anilines is 1. The third kappa shape index (κ3) is 4.04. The van der Waals surface area contributed by atoms with Crippen molar-refractivity contribution in [2.75, 3.05) is 19.1 Å². The summed E-state index contributed by atoms with van der Waals surface area (Å²) in [6.45, 7) is 0. The Morgan fingerprint density at radius 1 is 0.971 bits per heavy atom. The highest BCUT2D eigenvalue weighted by molar-refractivity contribution is 6.52. The minimum absolute atomic E-state index is 0.118. The second kappa shape index (κ2) is 9.29. The van der Waals surface area contributed by atoms with Crippen LogP contribution >= 0.6 is 23.2 Å². The summed E-state index contributed by atoms with van der Waals surface area (Å²) in [5.74, 6) is -1.86. The normalized spacial score (nSPS) is 17.2. The van der Waals surface area contributed by atoms with Crippen molar-refractivity contribution < 1.29 is 29.3 Å². The molecule has 1 heterocycles. The molecule has 174 valence electrons. The van der Waals surface area contributed by atoms with Gasteiger partial charge in [0.1, 0.15) is 11.5 Å². The predicted octanol–water partition coefficient (Wildman–Crippen LogP) is 5.34. The zero-order chi connectivity index (χ0) is 24.6. The van der Waals surface area contributed by atoms with Gasteiger partial charge in [0.25, 0.3) is 11.7 Å². The molecule has 0 spiro atoms. The SMILES string of the molecule is COc1ccc(Cl)c(/C(O)=C2\C(=O)C(=O)N(c3cccc(Cl)c3)C2c2ccc(OC)c(O)c2)c1. The van der Waals surface area contributed by atoms with Crippen LogP contribution in [0.4, 0.5) is 5.69 Å². The van der Waals surface area contributed by atoms with Gasteiger partial charge in [-0.2, -0.15) is 0 Å². The number of halogens is 2. The number of phenols is 1. The number of aliphatic hydroxyl groups is 1. The first-order chi connectivity index (χ1) is 16.3. The van der Waals surface area contributed by atoms with Crippen LogP contribution in [0.2, 0.25) is 10.0 Å². The van der Waals surface area contributed by atoms with Crippen molar-refractivity contribution in [3.05, 3.63) is 87.4 Å². The molecule has 1 saturated heterocycles. The van der Waals surface area contributed by atoms with E-state index in [4.69, 9.17) is 32.7 Å². The van der Waals surface area contributed by atoms with E-state index in [0.29, 0.717) is 22.0 Å². The number of hydrogen-bond donors (Lipinski definition) is 2. The number of hydrogen-bond acceptors (Lipinski definition) is 6. The Kier molecular flexibility index (Phi) is 6.41. The van der Waals surface area contributed by atoms with Crippen LogP contribution in [0, 0.1) is 0 Å². The van der Waals surface area contributed by atoms with Crippen molar-refractivity contribution in [1.82, 2.24) is 0 Å². The molecule has 1 atom stereocenters. The third-order valence-electron chi connectivity index (χ3n) is 5.48. The van der Waals surface area contributed by atoms with E-state index in [1.165, 1.54) is 49.5 Å². The number of aliphatic hydroxyl groups excluding tert-OH is 1. The van der Waals surface area contributed by atoms with Crippen LogP contribution in [0.3, 0.4) is 0 Å². The highest BCUT2D eigenvalue weighted by atomic mass is 35.5. The Morgan fingerprint density at radius 2 is 1.74 bits per heavy atom. The lowest BCUT2D eigenvalue weighted by Gasteiger charge is -2.26. The Hall–Kier alpha value is -3.68. The van der Waals surface area contributed by atoms with Gasteiger partial charge in [0, 0.05) is 16.3 Å². The zero-order valence-corrected chi connectivity index (χ0v) is 19.6. The molecule has 4 rings (SSSR count). The van der Waals surface area contributed by atoms with Crippen LogP contribution in [0.1, 0.15) is 17.2 Å². The van der Waals surface area contributed by atoms with Crippen molar-refractivity contribution in [3.63, 3.8) is 0 Å². The van der Waals surface area contributed by atoms with Gasteiger partial charge in [0.05, 0.1) is 30.9 Å². The van der Waals surface area contributed by atoms with E-state index in [9.17, 15) is 19.8 Å². The quantitative estimate of drug-likeness (QED) is 0.279. The van der Waals surface area contributed by atoms with Gasteiger partial charge in [-0.15, -0.1) is 0 Å². The predicted molar refractivity (Wildman–Crippen MR) is 129 cm³/mol. The molecule has 34 heavy (non-hydrogen) atoms. The first-order valence-electron chi connectivity index (χ1n) is 10.0. The summed E-state index contributed by atoms with van der Waals surface area (Å²) in [5.41, 5.74) is 0.612. The molecule has 9 heteroatoms. The van der Waals surface area contributed by atoms with Crippen LogP contribution < -0.4 is 14.4 Å². The highest BCUT2D eigenvalue weighted by Crippen LogP contribution is 2.45. The van der Waals surface area contributed by atoms with Crippen LogP contribution in [-0.2, 0) is 9.59 Å². The molecule has 0 radical (unpaired) electrons. The molecule has 7 nitrogen and oxygen atoms in total. The first-order valence-corrected chi connectivity index (χ1v) is 10.8. The number of Topliss-reactive ketones (excluding diaryl/α,β-unsaturated/α-hetero) is 1. The molecule has 2 N–H and O–H groups in total. The van der Waals surface area contributed by atoms with Gasteiger partial charge in [0.15, 0.2) is 11.5 Å². The number of aromatic hydroxyl groups is 1. The van der Waals surface area contributed by atoms with Gasteiger partial charge in [-0.05, 0) is 54.1 Å². The highest BCUT2D eigenvalue weighted by Gasteiger charge is 2.47. The van der Waals surface area contributed by atoms with E-state index in [1.807, 2.05) is 0 Å². The smallest absolute Gasteiger partial charge is 0.300 e. The molecule has 1 unspecified atom stereocenters. The molecule has 0 aliphatic carbocycles. The van der Waals surface area contributed by atoms with Crippen molar-refractivity contribution in [2.24, 2.45) is 0 Å². The molecule has 1 fully saturated rings. The molecule has 0 aromatic heterocycles. The van der Waals surface area contributed by atoms with E-state index in [0.717, 1.165) is 0 Å². The van der Waals surface area contributed by atoms with Gasteiger partial charge in [0.2, 0.25) is 0 Å². The topological polar surface area (TPSA) is 96.3 Å². The lowest BCUT2D eigenvalue weighted by atomic mass is 9.94. The largest absolute Gasteiger partial charge is 0.507 e. The summed E-state index contributed by atoms with van der Waals surface area (Å²) in [7, 11) is 2.85. The Balaban J connectivity index is 1.99. The standard InChI is InChI=1S/C25H19Cl2NO6/c1-33-16-7-8-18(27)17(12-16)23(30)21-22(13-6-9-20(34-2)19(29)10-13)28(25(32)24(21)31)15-5-3-4-14(26)11-15/h3-12,22,29-30H,1-2H3/b23-21+. The lowest BCUT2D eigenvalue weighted by molar-refractivity contribution is -0.132. The Labute approximate surface area is 205 Å². The summed E-state index contributed by atoms with van der Waals surface area (Å²) in [6, 6.07) is 14.4. The van der Waals surface area contributed by atoms with E-state index in [2.05, 4.69) is 0 Å². The molecule has 0 saturated carbocycles. The number of ketones is 1. The second-order valence-electron chi connectivity index (χ2n) is 7.43. The number of rotatable bonds is 5. The zero-order valence-electron chi connectivity index (χ0n) is 18.1. The van der Waals surface area contributed by atoms with Crippen molar-refractivity contribution in [1.29, 1.82) is 0 Å². The maximum atomic E-state index is 13.2. The van der Waals surface area contributed by atoms with E-state index in [1.54, 1.807) is 30.3 Å². The number of methoxy groups -OCH3 is 2. The number of phenolic OH excluding ortho intramolecular Hbond substituents is 1. The minimum atomic E-state index is -1.09. The molecule has 1 aliphatic heterocycles. The summed E-state index contributed by atoms with van der Waals surface area (Å²) in [6.07, 6.45) is 0. The Morgan fingerprint density at radius 3 is 2.38 bits per heavy atom. The third-order valence-corrected chi connectivity index (χ3v) is 6.04. The number of carbonyl (C=O) groups is 2. The van der Waals surface area contributed by atoms with Gasteiger partial charge in [-0.3, -0.25) is 14.5 Å². The van der Waals surface area contributed by atoms with Gasteiger partial charge in [-0.25, -0.2) is 0 Å². The number of nitrogens with zero attached hydrogens (tertiary/aromatic N) is 1. The fourth-order valence-corrected chi connectivity index (χ4v) is 4.27. The van der Waals surface area contributed by atoms with Crippen molar-refractivity contribution >= 4 is 46.3 Å². The molecule has 1 aliphatic rings. The lowest BCUT2D eigenvalue weighted by Crippen LogP contribution is -2.29. The average molecular weight is 500 g/mol.